The Labute approximate surface area is 91.1 Å². The van der Waals surface area contributed by atoms with E-state index < -0.39 is 0 Å². The van der Waals surface area contributed by atoms with Crippen LogP contribution >= 0.6 is 11.8 Å². The summed E-state index contributed by atoms with van der Waals surface area (Å²) in [5.74, 6) is 0. The molecule has 0 aromatic carbocycles. The molecule has 0 bridgehead atoms. The van der Waals surface area contributed by atoms with Crippen molar-refractivity contribution in [2.45, 2.75) is 49.5 Å². The molecular formula is C11H21NOS. The maximum absolute atomic E-state index is 9.85. The van der Waals surface area contributed by atoms with E-state index in [1.54, 1.807) is 0 Å². The summed E-state index contributed by atoms with van der Waals surface area (Å²) in [6.07, 6.45) is 8.28. The van der Waals surface area contributed by atoms with Crippen LogP contribution in [0.4, 0.5) is 0 Å². The van der Waals surface area contributed by atoms with Crippen LogP contribution in [0.1, 0.15) is 32.1 Å². The van der Waals surface area contributed by atoms with Crippen molar-refractivity contribution in [3.05, 3.63) is 0 Å². The van der Waals surface area contributed by atoms with E-state index in [2.05, 4.69) is 11.2 Å². The highest BCUT2D eigenvalue weighted by molar-refractivity contribution is 7.99. The van der Waals surface area contributed by atoms with Crippen molar-refractivity contribution >= 4 is 11.8 Å². The van der Waals surface area contributed by atoms with Gasteiger partial charge in [0.05, 0.1) is 6.10 Å². The van der Waals surface area contributed by atoms with Gasteiger partial charge in [-0.3, -0.25) is 4.90 Å². The summed E-state index contributed by atoms with van der Waals surface area (Å²) in [6.45, 7) is 2.40. The summed E-state index contributed by atoms with van der Waals surface area (Å²) in [6, 6.07) is 0.477. The number of nitrogens with zero attached hydrogens (tertiary/aromatic N) is 1. The Morgan fingerprint density at radius 1 is 1.21 bits per heavy atom. The predicted molar refractivity (Wildman–Crippen MR) is 61.8 cm³/mol. The number of piperidine rings is 1. The molecule has 1 saturated carbocycles. The first-order valence-corrected chi connectivity index (χ1v) is 7.05. The monoisotopic (exact) mass is 215 g/mol. The summed E-state index contributed by atoms with van der Waals surface area (Å²) in [7, 11) is 0. The van der Waals surface area contributed by atoms with Crippen LogP contribution in [-0.2, 0) is 0 Å². The summed E-state index contributed by atoms with van der Waals surface area (Å²) in [4.78, 5) is 2.53. The number of thioether (sulfide) groups is 1. The lowest BCUT2D eigenvalue weighted by atomic mass is 10.1. The SMILES string of the molecule is CSC1CCCN([C@@H]2CCC[C@H]2O)C1. The normalized spacial score (nSPS) is 40.3. The highest BCUT2D eigenvalue weighted by Gasteiger charge is 2.33. The van der Waals surface area contributed by atoms with Crippen LogP contribution in [0.15, 0.2) is 0 Å². The van der Waals surface area contributed by atoms with Gasteiger partial charge in [-0.15, -0.1) is 0 Å². The molecule has 0 aromatic heterocycles. The number of hydrogen-bond acceptors (Lipinski definition) is 3. The molecule has 2 rings (SSSR count). The standard InChI is InChI=1S/C11H21NOS/c1-14-9-4-3-7-12(8-9)10-5-2-6-11(10)13/h9-11,13H,2-8H2,1H3/t9?,10-,11-/m1/s1. The third-order valence-electron chi connectivity index (χ3n) is 3.66. The van der Waals surface area contributed by atoms with Crippen LogP contribution in [0.3, 0.4) is 0 Å². The highest BCUT2D eigenvalue weighted by Crippen LogP contribution is 2.29. The van der Waals surface area contributed by atoms with Crippen molar-refractivity contribution in [1.82, 2.24) is 4.90 Å². The Balaban J connectivity index is 1.90. The maximum atomic E-state index is 9.85. The zero-order valence-corrected chi connectivity index (χ0v) is 9.80. The van der Waals surface area contributed by atoms with E-state index in [1.165, 1.54) is 38.8 Å². The smallest absolute Gasteiger partial charge is 0.0695 e. The maximum Gasteiger partial charge on any atom is 0.0695 e. The number of aliphatic hydroxyl groups excluding tert-OH is 1. The summed E-state index contributed by atoms with van der Waals surface area (Å²) < 4.78 is 0. The molecule has 2 nitrogen and oxygen atoms in total. The zero-order valence-electron chi connectivity index (χ0n) is 8.98. The van der Waals surface area contributed by atoms with Crippen LogP contribution < -0.4 is 0 Å². The van der Waals surface area contributed by atoms with E-state index in [9.17, 15) is 5.11 Å². The lowest BCUT2D eigenvalue weighted by Crippen LogP contribution is -2.46. The minimum Gasteiger partial charge on any atom is -0.391 e. The van der Waals surface area contributed by atoms with Crippen LogP contribution in [0.25, 0.3) is 0 Å². The number of rotatable bonds is 2. The third-order valence-corrected chi connectivity index (χ3v) is 4.71. The number of hydrogen-bond donors (Lipinski definition) is 1. The molecule has 1 saturated heterocycles. The fourth-order valence-electron chi connectivity index (χ4n) is 2.81. The summed E-state index contributed by atoms with van der Waals surface area (Å²) in [5, 5.41) is 10.7. The molecule has 0 aromatic rings. The van der Waals surface area contributed by atoms with Crippen LogP contribution in [0.5, 0.6) is 0 Å². The number of aliphatic hydroxyl groups is 1. The van der Waals surface area contributed by atoms with Gasteiger partial charge in [-0.2, -0.15) is 11.8 Å². The molecule has 0 amide bonds. The molecule has 0 spiro atoms. The first-order chi connectivity index (χ1) is 6.81. The van der Waals surface area contributed by atoms with Crippen molar-refractivity contribution in [1.29, 1.82) is 0 Å². The van der Waals surface area contributed by atoms with Gasteiger partial charge < -0.3 is 5.11 Å². The summed E-state index contributed by atoms with van der Waals surface area (Å²) >= 11 is 1.99. The Morgan fingerprint density at radius 3 is 2.71 bits per heavy atom. The van der Waals surface area contributed by atoms with Crippen LogP contribution in [-0.4, -0.2) is 46.7 Å². The molecule has 2 aliphatic rings. The fraction of sp³-hybridized carbons (Fsp3) is 1.00. The summed E-state index contributed by atoms with van der Waals surface area (Å²) in [5.41, 5.74) is 0. The molecule has 14 heavy (non-hydrogen) atoms. The van der Waals surface area contributed by atoms with Gasteiger partial charge in [0.25, 0.3) is 0 Å². The molecule has 2 fully saturated rings. The topological polar surface area (TPSA) is 23.5 Å². The highest BCUT2D eigenvalue weighted by atomic mass is 32.2. The van der Waals surface area contributed by atoms with Crippen molar-refractivity contribution in [3.63, 3.8) is 0 Å². The molecule has 1 heterocycles. The van der Waals surface area contributed by atoms with Crippen LogP contribution in [0, 0.1) is 0 Å². The van der Waals surface area contributed by atoms with Crippen LogP contribution in [0.2, 0.25) is 0 Å². The van der Waals surface area contributed by atoms with Gasteiger partial charge in [-0.25, -0.2) is 0 Å². The van der Waals surface area contributed by atoms with Crippen molar-refractivity contribution in [2.75, 3.05) is 19.3 Å². The first kappa shape index (κ1) is 10.8. The van der Waals surface area contributed by atoms with E-state index in [0.717, 1.165) is 11.7 Å². The van der Waals surface area contributed by atoms with E-state index in [-0.39, 0.29) is 6.10 Å². The molecule has 1 unspecified atom stereocenters. The molecule has 1 aliphatic carbocycles. The van der Waals surface area contributed by atoms with E-state index in [1.807, 2.05) is 11.8 Å². The van der Waals surface area contributed by atoms with Crippen molar-refractivity contribution in [3.8, 4) is 0 Å². The van der Waals surface area contributed by atoms with E-state index >= 15 is 0 Å². The zero-order chi connectivity index (χ0) is 9.97. The van der Waals surface area contributed by atoms with Gasteiger partial charge in [0.2, 0.25) is 0 Å². The van der Waals surface area contributed by atoms with Gasteiger partial charge in [-0.05, 0) is 44.9 Å². The lowest BCUT2D eigenvalue weighted by Gasteiger charge is -2.37. The molecule has 1 N–H and O–H groups in total. The lowest BCUT2D eigenvalue weighted by molar-refractivity contribution is 0.0606. The van der Waals surface area contributed by atoms with Crippen molar-refractivity contribution < 1.29 is 5.11 Å². The average Bonchev–Trinajstić information content (AvgIpc) is 2.65. The minimum absolute atomic E-state index is 0.0457. The molecule has 3 heteroatoms. The predicted octanol–water partition coefficient (Wildman–Crippen LogP) is 1.73. The second kappa shape index (κ2) is 4.86. The Hall–Kier alpha value is 0.270. The van der Waals surface area contributed by atoms with Gasteiger partial charge in [-0.1, -0.05) is 0 Å². The Morgan fingerprint density at radius 2 is 2.07 bits per heavy atom. The quantitative estimate of drug-likeness (QED) is 0.759. The second-order valence-electron chi connectivity index (χ2n) is 4.56. The van der Waals surface area contributed by atoms with Gasteiger partial charge in [0, 0.05) is 17.8 Å². The molecule has 1 aliphatic heterocycles. The average molecular weight is 215 g/mol. The number of likely N-dealkylation sites (tertiary alicyclic amines) is 1. The molecule has 3 atom stereocenters. The Kier molecular flexibility index (Phi) is 3.74. The fourth-order valence-corrected chi connectivity index (χ4v) is 3.55. The Bertz CT molecular complexity index is 188. The van der Waals surface area contributed by atoms with Gasteiger partial charge >= 0.3 is 0 Å². The molecule has 82 valence electrons. The molecule has 0 radical (unpaired) electrons. The van der Waals surface area contributed by atoms with Gasteiger partial charge in [0.1, 0.15) is 0 Å². The second-order valence-corrected chi connectivity index (χ2v) is 5.70. The third kappa shape index (κ3) is 2.26. The van der Waals surface area contributed by atoms with E-state index in [4.69, 9.17) is 0 Å². The minimum atomic E-state index is -0.0457. The van der Waals surface area contributed by atoms with Crippen molar-refractivity contribution in [2.24, 2.45) is 0 Å². The first-order valence-electron chi connectivity index (χ1n) is 5.76. The molecular weight excluding hydrogens is 194 g/mol. The van der Waals surface area contributed by atoms with E-state index in [0.29, 0.717) is 6.04 Å². The largest absolute Gasteiger partial charge is 0.391 e. The van der Waals surface area contributed by atoms with Gasteiger partial charge in [0.15, 0.2) is 0 Å².